The minimum atomic E-state index is -0.147. The van der Waals surface area contributed by atoms with Crippen molar-refractivity contribution in [1.29, 1.82) is 0 Å². The van der Waals surface area contributed by atoms with E-state index in [1.165, 1.54) is 0 Å². The van der Waals surface area contributed by atoms with Gasteiger partial charge in [-0.05, 0) is 26.3 Å². The molecule has 0 spiro atoms. The molecule has 0 heterocycles. The molecule has 0 aromatic carbocycles. The SMILES string of the molecule is CCCOCCN(CCC)CC(=O)OCC. The summed E-state index contributed by atoms with van der Waals surface area (Å²) >= 11 is 0. The zero-order valence-electron chi connectivity index (χ0n) is 10.8. The molecule has 0 aliphatic heterocycles. The predicted octanol–water partition coefficient (Wildman–Crippen LogP) is 1.69. The Kier molecular flexibility index (Phi) is 10.5. The average molecular weight is 231 g/mol. The van der Waals surface area contributed by atoms with Gasteiger partial charge in [-0.3, -0.25) is 9.69 Å². The molecule has 0 aliphatic carbocycles. The van der Waals surface area contributed by atoms with Gasteiger partial charge in [0.2, 0.25) is 0 Å². The van der Waals surface area contributed by atoms with Gasteiger partial charge in [0.15, 0.2) is 0 Å². The average Bonchev–Trinajstić information content (AvgIpc) is 2.25. The minimum Gasteiger partial charge on any atom is -0.465 e. The lowest BCUT2D eigenvalue weighted by molar-refractivity contribution is -0.144. The molecule has 0 rings (SSSR count). The van der Waals surface area contributed by atoms with E-state index in [0.717, 1.165) is 32.5 Å². The van der Waals surface area contributed by atoms with Crippen LogP contribution in [0.4, 0.5) is 0 Å². The Morgan fingerprint density at radius 2 is 1.81 bits per heavy atom. The molecule has 0 bridgehead atoms. The highest BCUT2D eigenvalue weighted by molar-refractivity contribution is 5.71. The minimum absolute atomic E-state index is 0.147. The molecule has 4 heteroatoms. The molecule has 16 heavy (non-hydrogen) atoms. The van der Waals surface area contributed by atoms with Crippen LogP contribution in [-0.4, -0.2) is 50.3 Å². The number of ether oxygens (including phenoxy) is 2. The van der Waals surface area contributed by atoms with Crippen LogP contribution in [0.2, 0.25) is 0 Å². The molecule has 0 unspecified atom stereocenters. The summed E-state index contributed by atoms with van der Waals surface area (Å²) in [6, 6.07) is 0. The fraction of sp³-hybridized carbons (Fsp3) is 0.917. The number of hydrogen-bond acceptors (Lipinski definition) is 4. The van der Waals surface area contributed by atoms with Crippen LogP contribution in [0.5, 0.6) is 0 Å². The molecule has 4 nitrogen and oxygen atoms in total. The first kappa shape index (κ1) is 15.4. The number of carbonyl (C=O) groups is 1. The van der Waals surface area contributed by atoms with Gasteiger partial charge in [-0.15, -0.1) is 0 Å². The molecule has 0 amide bonds. The monoisotopic (exact) mass is 231 g/mol. The molecule has 0 saturated carbocycles. The van der Waals surface area contributed by atoms with Crippen LogP contribution in [-0.2, 0) is 14.3 Å². The van der Waals surface area contributed by atoms with Crippen LogP contribution in [0.1, 0.15) is 33.6 Å². The third kappa shape index (κ3) is 8.68. The van der Waals surface area contributed by atoms with E-state index in [2.05, 4.69) is 18.7 Å². The first-order chi connectivity index (χ1) is 7.74. The lowest BCUT2D eigenvalue weighted by atomic mass is 10.4. The summed E-state index contributed by atoms with van der Waals surface area (Å²) < 4.78 is 10.3. The molecule has 0 saturated heterocycles. The van der Waals surface area contributed by atoms with Crippen LogP contribution >= 0.6 is 0 Å². The topological polar surface area (TPSA) is 38.8 Å². The summed E-state index contributed by atoms with van der Waals surface area (Å²) in [5, 5.41) is 0. The molecule has 0 aromatic heterocycles. The van der Waals surface area contributed by atoms with Gasteiger partial charge in [-0.2, -0.15) is 0 Å². The summed E-state index contributed by atoms with van der Waals surface area (Å²) in [4.78, 5) is 13.4. The Hall–Kier alpha value is -0.610. The van der Waals surface area contributed by atoms with Crippen LogP contribution in [0.15, 0.2) is 0 Å². The summed E-state index contributed by atoms with van der Waals surface area (Å²) in [7, 11) is 0. The molecular formula is C12H25NO3. The standard InChI is InChI=1S/C12H25NO3/c1-4-7-13(8-10-15-9-5-2)11-12(14)16-6-3/h4-11H2,1-3H3. The zero-order chi connectivity index (χ0) is 12.2. The first-order valence-electron chi connectivity index (χ1n) is 6.20. The Bertz CT molecular complexity index is 174. The highest BCUT2D eigenvalue weighted by Gasteiger charge is 2.10. The third-order valence-corrected chi connectivity index (χ3v) is 2.10. The van der Waals surface area contributed by atoms with Crippen molar-refractivity contribution in [3.05, 3.63) is 0 Å². The van der Waals surface area contributed by atoms with E-state index in [1.807, 2.05) is 6.92 Å². The smallest absolute Gasteiger partial charge is 0.320 e. The van der Waals surface area contributed by atoms with Crippen molar-refractivity contribution in [3.63, 3.8) is 0 Å². The van der Waals surface area contributed by atoms with Gasteiger partial charge in [0.1, 0.15) is 0 Å². The highest BCUT2D eigenvalue weighted by Crippen LogP contribution is 1.94. The first-order valence-corrected chi connectivity index (χ1v) is 6.20. The molecule has 0 atom stereocenters. The van der Waals surface area contributed by atoms with Gasteiger partial charge in [-0.25, -0.2) is 0 Å². The van der Waals surface area contributed by atoms with Gasteiger partial charge in [0.05, 0.1) is 19.8 Å². The van der Waals surface area contributed by atoms with Crippen molar-refractivity contribution in [2.24, 2.45) is 0 Å². The number of hydrogen-bond donors (Lipinski definition) is 0. The molecule has 0 radical (unpaired) electrons. The van der Waals surface area contributed by atoms with Crippen molar-refractivity contribution in [1.82, 2.24) is 4.90 Å². The van der Waals surface area contributed by atoms with Gasteiger partial charge < -0.3 is 9.47 Å². The molecule has 96 valence electrons. The van der Waals surface area contributed by atoms with E-state index in [4.69, 9.17) is 9.47 Å². The summed E-state index contributed by atoms with van der Waals surface area (Å²) in [6.07, 6.45) is 2.07. The van der Waals surface area contributed by atoms with E-state index < -0.39 is 0 Å². The van der Waals surface area contributed by atoms with Crippen molar-refractivity contribution in [3.8, 4) is 0 Å². The molecule has 0 N–H and O–H groups in total. The highest BCUT2D eigenvalue weighted by atomic mass is 16.5. The van der Waals surface area contributed by atoms with Crippen molar-refractivity contribution < 1.29 is 14.3 Å². The fourth-order valence-electron chi connectivity index (χ4n) is 1.42. The number of nitrogens with zero attached hydrogens (tertiary/aromatic N) is 1. The number of carbonyl (C=O) groups excluding carboxylic acids is 1. The number of rotatable bonds is 10. The lowest BCUT2D eigenvalue weighted by Crippen LogP contribution is -2.34. The summed E-state index contributed by atoms with van der Waals surface area (Å²) in [5.41, 5.74) is 0. The summed E-state index contributed by atoms with van der Waals surface area (Å²) in [6.45, 7) is 10.0. The molecule has 0 fully saturated rings. The Morgan fingerprint density at radius 1 is 1.06 bits per heavy atom. The summed E-state index contributed by atoms with van der Waals surface area (Å²) in [5.74, 6) is -0.147. The van der Waals surface area contributed by atoms with E-state index in [9.17, 15) is 4.79 Å². The van der Waals surface area contributed by atoms with Gasteiger partial charge >= 0.3 is 5.97 Å². The third-order valence-electron chi connectivity index (χ3n) is 2.10. The number of esters is 1. The second-order valence-corrected chi connectivity index (χ2v) is 3.69. The van der Waals surface area contributed by atoms with Gasteiger partial charge in [0.25, 0.3) is 0 Å². The van der Waals surface area contributed by atoms with Crippen molar-refractivity contribution >= 4 is 5.97 Å². The van der Waals surface area contributed by atoms with Crippen molar-refractivity contribution in [2.45, 2.75) is 33.6 Å². The largest absolute Gasteiger partial charge is 0.465 e. The van der Waals surface area contributed by atoms with Crippen LogP contribution < -0.4 is 0 Å². The Balaban J connectivity index is 3.73. The zero-order valence-corrected chi connectivity index (χ0v) is 10.8. The quantitative estimate of drug-likeness (QED) is 0.423. The van der Waals surface area contributed by atoms with Crippen LogP contribution in [0.25, 0.3) is 0 Å². The lowest BCUT2D eigenvalue weighted by Gasteiger charge is -2.20. The molecule has 0 aliphatic rings. The predicted molar refractivity (Wildman–Crippen MR) is 64.5 cm³/mol. The second-order valence-electron chi connectivity index (χ2n) is 3.69. The van der Waals surface area contributed by atoms with Crippen LogP contribution in [0.3, 0.4) is 0 Å². The maximum Gasteiger partial charge on any atom is 0.320 e. The fourth-order valence-corrected chi connectivity index (χ4v) is 1.42. The maximum atomic E-state index is 11.3. The van der Waals surface area contributed by atoms with Gasteiger partial charge in [0, 0.05) is 13.2 Å². The Morgan fingerprint density at radius 3 is 2.38 bits per heavy atom. The van der Waals surface area contributed by atoms with Crippen molar-refractivity contribution in [2.75, 3.05) is 39.5 Å². The normalized spacial score (nSPS) is 10.8. The van der Waals surface area contributed by atoms with Gasteiger partial charge in [-0.1, -0.05) is 13.8 Å². The Labute approximate surface area is 98.9 Å². The second kappa shape index (κ2) is 10.9. The van der Waals surface area contributed by atoms with E-state index in [0.29, 0.717) is 19.8 Å². The molecular weight excluding hydrogens is 206 g/mol. The molecule has 0 aromatic rings. The van der Waals surface area contributed by atoms with E-state index >= 15 is 0 Å². The maximum absolute atomic E-state index is 11.3. The van der Waals surface area contributed by atoms with E-state index in [-0.39, 0.29) is 5.97 Å². The van der Waals surface area contributed by atoms with E-state index in [1.54, 1.807) is 0 Å². The van der Waals surface area contributed by atoms with Crippen LogP contribution in [0, 0.1) is 0 Å².